The Kier molecular flexibility index (Phi) is 10.1. The van der Waals surface area contributed by atoms with E-state index < -0.39 is 65.3 Å². The summed E-state index contributed by atoms with van der Waals surface area (Å²) in [5.74, 6) is -0.456. The smallest absolute Gasteiger partial charge is 0.334 e. The van der Waals surface area contributed by atoms with E-state index in [1.807, 2.05) is 0 Å². The first-order valence-electron chi connectivity index (χ1n) is 13.5. The number of nitrogens with zero attached hydrogens (tertiary/aromatic N) is 2. The highest BCUT2D eigenvalue weighted by molar-refractivity contribution is 6.42. The molecule has 44 heavy (non-hydrogen) atoms. The average molecular weight is 669 g/mol. The monoisotopic (exact) mass is 668 g/mol. The number of piperazine rings is 1. The van der Waals surface area contributed by atoms with E-state index in [-0.39, 0.29) is 37.0 Å². The molecule has 0 unspecified atom stereocenters. The molecule has 0 bridgehead atoms. The minimum Gasteiger partial charge on any atom is -0.334 e. The molecule has 2 saturated heterocycles. The van der Waals surface area contributed by atoms with E-state index in [1.165, 1.54) is 17.0 Å². The van der Waals surface area contributed by atoms with Crippen LogP contribution in [0, 0.1) is 0 Å². The summed E-state index contributed by atoms with van der Waals surface area (Å²) in [6.07, 6.45) is -8.86. The van der Waals surface area contributed by atoms with Gasteiger partial charge in [-0.05, 0) is 68.6 Å². The lowest BCUT2D eigenvalue weighted by molar-refractivity contribution is -0.143. The van der Waals surface area contributed by atoms with Crippen LogP contribution in [0.5, 0.6) is 0 Å². The molecule has 2 aromatic carbocycles. The molecule has 17 heteroatoms. The molecule has 2 aromatic rings. The van der Waals surface area contributed by atoms with E-state index in [9.17, 15) is 40.7 Å². The first-order valence-corrected chi connectivity index (χ1v) is 14.2. The summed E-state index contributed by atoms with van der Waals surface area (Å²) < 4.78 is 80.1. The standard InChI is InChI=1S/C27H28Cl2F6N6O3/c28-20-5-4-16(11-21(20)29)37-24(43)38-18-10-19-13-41(22(3-1-2-6-36)23(42)40(19)12-18)25(44)39-17-8-14(26(30,31)32)7-15(9-17)27(33,34)35/h4-5,7-9,11,18-19,22H,1-3,6,10,12-13,36H2,(H,39,44)(H2,37,38,43)/t18-,19+,22-/m1/s1. The van der Waals surface area contributed by atoms with E-state index in [0.717, 1.165) is 4.90 Å². The van der Waals surface area contributed by atoms with Gasteiger partial charge in [0.2, 0.25) is 5.91 Å². The van der Waals surface area contributed by atoms with Gasteiger partial charge in [0.25, 0.3) is 0 Å². The topological polar surface area (TPSA) is 120 Å². The van der Waals surface area contributed by atoms with Crippen molar-refractivity contribution in [2.24, 2.45) is 5.73 Å². The van der Waals surface area contributed by atoms with Gasteiger partial charge in [-0.1, -0.05) is 23.2 Å². The van der Waals surface area contributed by atoms with E-state index in [4.69, 9.17) is 28.9 Å². The number of urea groups is 2. The lowest BCUT2D eigenvalue weighted by atomic mass is 10.0. The first kappa shape index (κ1) is 33.5. The molecule has 2 fully saturated rings. The molecule has 0 aromatic heterocycles. The van der Waals surface area contributed by atoms with Gasteiger partial charge < -0.3 is 31.5 Å². The number of hydrogen-bond acceptors (Lipinski definition) is 4. The molecule has 0 saturated carbocycles. The molecular weight excluding hydrogens is 641 g/mol. The Morgan fingerprint density at radius 1 is 0.886 bits per heavy atom. The van der Waals surface area contributed by atoms with Gasteiger partial charge >= 0.3 is 24.4 Å². The predicted octanol–water partition coefficient (Wildman–Crippen LogP) is 6.17. The van der Waals surface area contributed by atoms with E-state index >= 15 is 0 Å². The number of alkyl halides is 6. The van der Waals surface area contributed by atoms with E-state index in [1.54, 1.807) is 6.07 Å². The molecule has 5 amide bonds. The van der Waals surface area contributed by atoms with Crippen LogP contribution < -0.4 is 21.7 Å². The number of rotatable bonds is 7. The minimum absolute atomic E-state index is 0.0447. The minimum atomic E-state index is -5.11. The van der Waals surface area contributed by atoms with Crippen molar-refractivity contribution >= 4 is 52.5 Å². The number of hydrogen-bond donors (Lipinski definition) is 4. The van der Waals surface area contributed by atoms with Crippen LogP contribution in [0.1, 0.15) is 36.8 Å². The van der Waals surface area contributed by atoms with Crippen LogP contribution in [0.4, 0.5) is 47.3 Å². The van der Waals surface area contributed by atoms with Crippen LogP contribution in [0.2, 0.25) is 10.0 Å². The number of fused-ring (bicyclic) bond motifs is 1. The Morgan fingerprint density at radius 2 is 1.55 bits per heavy atom. The summed E-state index contributed by atoms with van der Waals surface area (Å²) >= 11 is 11.9. The second-order valence-electron chi connectivity index (χ2n) is 10.5. The maximum Gasteiger partial charge on any atom is 0.416 e. The molecule has 240 valence electrons. The molecule has 0 spiro atoms. The van der Waals surface area contributed by atoms with Crippen LogP contribution in [0.3, 0.4) is 0 Å². The fraction of sp³-hybridized carbons (Fsp3) is 0.444. The summed E-state index contributed by atoms with van der Waals surface area (Å²) in [7, 11) is 0. The highest BCUT2D eigenvalue weighted by Crippen LogP contribution is 2.38. The molecule has 2 aliphatic heterocycles. The Hall–Kier alpha value is -3.43. The zero-order chi connectivity index (χ0) is 32.4. The largest absolute Gasteiger partial charge is 0.416 e. The van der Waals surface area contributed by atoms with Crippen molar-refractivity contribution in [3.05, 3.63) is 57.6 Å². The van der Waals surface area contributed by atoms with Crippen molar-refractivity contribution in [2.75, 3.05) is 30.3 Å². The van der Waals surface area contributed by atoms with Crippen LogP contribution in [0.25, 0.3) is 0 Å². The number of amides is 5. The number of anilines is 2. The van der Waals surface area contributed by atoms with Crippen molar-refractivity contribution in [2.45, 2.75) is 56.2 Å². The van der Waals surface area contributed by atoms with Crippen LogP contribution in [0.15, 0.2) is 36.4 Å². The Bertz CT molecular complexity index is 1380. The van der Waals surface area contributed by atoms with E-state index in [2.05, 4.69) is 16.0 Å². The third-order valence-electron chi connectivity index (χ3n) is 7.31. The summed E-state index contributed by atoms with van der Waals surface area (Å²) in [6.45, 7) is 0.371. The highest BCUT2D eigenvalue weighted by Gasteiger charge is 2.47. The molecule has 4 rings (SSSR count). The molecule has 5 N–H and O–H groups in total. The highest BCUT2D eigenvalue weighted by atomic mass is 35.5. The van der Waals surface area contributed by atoms with Crippen molar-refractivity contribution in [3.8, 4) is 0 Å². The van der Waals surface area contributed by atoms with Gasteiger partial charge in [-0.25, -0.2) is 9.59 Å². The number of carbonyl (C=O) groups is 3. The lowest BCUT2D eigenvalue weighted by Gasteiger charge is -2.42. The normalized spacial score (nSPS) is 20.4. The van der Waals surface area contributed by atoms with Gasteiger partial charge in [0.05, 0.1) is 33.3 Å². The molecule has 2 heterocycles. The second kappa shape index (κ2) is 13.3. The Labute approximate surface area is 258 Å². The maximum atomic E-state index is 13.6. The van der Waals surface area contributed by atoms with Gasteiger partial charge in [-0.15, -0.1) is 0 Å². The number of nitrogens with two attached hydrogens (primary N) is 1. The SMILES string of the molecule is NCCCC[C@@H]1C(=O)N2C[C@H](NC(=O)Nc3ccc(Cl)c(Cl)c3)C[C@H]2CN1C(=O)Nc1cc(C(F)(F)F)cc(C(F)(F)F)c1. The number of halogens is 8. The van der Waals surface area contributed by atoms with Crippen molar-refractivity contribution in [3.63, 3.8) is 0 Å². The summed E-state index contributed by atoms with van der Waals surface area (Å²) in [4.78, 5) is 42.1. The maximum absolute atomic E-state index is 13.6. The van der Waals surface area contributed by atoms with E-state index in [0.29, 0.717) is 42.2 Å². The average Bonchev–Trinajstić information content (AvgIpc) is 3.33. The van der Waals surface area contributed by atoms with Crippen LogP contribution in [-0.4, -0.2) is 65.5 Å². The zero-order valence-electron chi connectivity index (χ0n) is 22.9. The molecule has 2 aliphatic rings. The fourth-order valence-corrected chi connectivity index (χ4v) is 5.58. The number of nitrogens with one attached hydrogen (secondary N) is 3. The molecule has 0 radical (unpaired) electrons. The summed E-state index contributed by atoms with van der Waals surface area (Å²) in [5.41, 5.74) is 2.03. The summed E-state index contributed by atoms with van der Waals surface area (Å²) in [6, 6.07) is 1.51. The molecular formula is C27H28Cl2F6N6O3. The van der Waals surface area contributed by atoms with Gasteiger partial charge in [0.15, 0.2) is 0 Å². The number of carbonyl (C=O) groups excluding carboxylic acids is 3. The van der Waals surface area contributed by atoms with Gasteiger partial charge in [-0.2, -0.15) is 26.3 Å². The molecule has 0 aliphatic carbocycles. The lowest BCUT2D eigenvalue weighted by Crippen LogP contribution is -2.62. The van der Waals surface area contributed by atoms with Gasteiger partial charge in [0.1, 0.15) is 6.04 Å². The third kappa shape index (κ3) is 7.99. The van der Waals surface area contributed by atoms with Crippen molar-refractivity contribution in [1.29, 1.82) is 0 Å². The van der Waals surface area contributed by atoms with Gasteiger partial charge in [0, 0.05) is 24.5 Å². The molecule has 9 nitrogen and oxygen atoms in total. The van der Waals surface area contributed by atoms with Crippen LogP contribution in [-0.2, 0) is 17.1 Å². The van der Waals surface area contributed by atoms with Crippen molar-refractivity contribution in [1.82, 2.24) is 15.1 Å². The Morgan fingerprint density at radius 3 is 2.14 bits per heavy atom. The second-order valence-corrected chi connectivity index (χ2v) is 11.3. The third-order valence-corrected chi connectivity index (χ3v) is 8.05. The van der Waals surface area contributed by atoms with Crippen LogP contribution >= 0.6 is 23.2 Å². The fourth-order valence-electron chi connectivity index (χ4n) is 5.28. The predicted molar refractivity (Wildman–Crippen MR) is 151 cm³/mol. The van der Waals surface area contributed by atoms with Crippen molar-refractivity contribution < 1.29 is 40.7 Å². The zero-order valence-corrected chi connectivity index (χ0v) is 24.4. The number of benzene rings is 2. The van der Waals surface area contributed by atoms with Gasteiger partial charge in [-0.3, -0.25) is 4.79 Å². The summed E-state index contributed by atoms with van der Waals surface area (Å²) in [5, 5.41) is 8.03. The Balaban J connectivity index is 1.51. The number of unbranched alkanes of at least 4 members (excludes halogenated alkanes) is 1. The quantitative estimate of drug-likeness (QED) is 0.208. The molecule has 3 atom stereocenters. The first-order chi connectivity index (χ1) is 20.6.